The van der Waals surface area contributed by atoms with Crippen molar-refractivity contribution in [1.29, 1.82) is 0 Å². The van der Waals surface area contributed by atoms with Crippen LogP contribution in [0.2, 0.25) is 0 Å². The molecular weight excluding hydrogens is 240 g/mol. The van der Waals surface area contributed by atoms with Crippen LogP contribution in [0.1, 0.15) is 12.0 Å². The molecular formula is C16H16O3. The lowest BCUT2D eigenvalue weighted by molar-refractivity contribution is -0.115. The van der Waals surface area contributed by atoms with E-state index in [1.807, 2.05) is 30.3 Å². The second kappa shape index (κ2) is 5.11. The highest BCUT2D eigenvalue weighted by Crippen LogP contribution is 2.42. The van der Waals surface area contributed by atoms with Crippen molar-refractivity contribution in [2.24, 2.45) is 5.92 Å². The number of carbonyl (C=O) groups is 1. The van der Waals surface area contributed by atoms with Gasteiger partial charge in [-0.2, -0.15) is 0 Å². The quantitative estimate of drug-likeness (QED) is 0.777. The average Bonchev–Trinajstić information content (AvgIpc) is 2.95. The van der Waals surface area contributed by atoms with E-state index in [0.717, 1.165) is 16.7 Å². The summed E-state index contributed by atoms with van der Waals surface area (Å²) in [5.41, 5.74) is 2.76. The summed E-state index contributed by atoms with van der Waals surface area (Å²) in [5.74, 6) is 0.374. The van der Waals surface area contributed by atoms with E-state index >= 15 is 0 Å². The topological polar surface area (TPSA) is 35.5 Å². The third-order valence-corrected chi connectivity index (χ3v) is 3.57. The van der Waals surface area contributed by atoms with Crippen LogP contribution < -0.4 is 0 Å². The Labute approximate surface area is 112 Å². The number of hydrogen-bond acceptors (Lipinski definition) is 3. The SMILES string of the molecule is C=CCO[C@H]1OC[C@@H]2CC(=O)C(c3ccccc3)=C21. The predicted octanol–water partition coefficient (Wildman–Crippen LogP) is 2.59. The summed E-state index contributed by atoms with van der Waals surface area (Å²) in [6, 6.07) is 9.76. The van der Waals surface area contributed by atoms with Crippen molar-refractivity contribution in [3.05, 3.63) is 54.1 Å². The molecule has 1 aromatic carbocycles. The van der Waals surface area contributed by atoms with Gasteiger partial charge in [0.1, 0.15) is 0 Å². The van der Waals surface area contributed by atoms with Gasteiger partial charge in [0.25, 0.3) is 0 Å². The summed E-state index contributed by atoms with van der Waals surface area (Å²) < 4.78 is 11.3. The van der Waals surface area contributed by atoms with Gasteiger partial charge in [-0.25, -0.2) is 0 Å². The van der Waals surface area contributed by atoms with Crippen molar-refractivity contribution in [2.45, 2.75) is 12.7 Å². The lowest BCUT2D eigenvalue weighted by Gasteiger charge is -2.13. The van der Waals surface area contributed by atoms with E-state index < -0.39 is 6.29 Å². The fraction of sp³-hybridized carbons (Fsp3) is 0.312. The van der Waals surface area contributed by atoms with Gasteiger partial charge >= 0.3 is 0 Å². The zero-order valence-corrected chi connectivity index (χ0v) is 10.7. The van der Waals surface area contributed by atoms with E-state index in [1.54, 1.807) is 6.08 Å². The summed E-state index contributed by atoms with van der Waals surface area (Å²) in [5, 5.41) is 0. The van der Waals surface area contributed by atoms with E-state index in [4.69, 9.17) is 9.47 Å². The minimum absolute atomic E-state index is 0.178. The van der Waals surface area contributed by atoms with Crippen molar-refractivity contribution in [3.8, 4) is 0 Å². The molecule has 2 atom stereocenters. The molecule has 3 heteroatoms. The molecule has 0 spiro atoms. The maximum Gasteiger partial charge on any atom is 0.181 e. The van der Waals surface area contributed by atoms with Gasteiger partial charge in [0, 0.05) is 23.5 Å². The van der Waals surface area contributed by atoms with Gasteiger partial charge in [-0.15, -0.1) is 6.58 Å². The highest BCUT2D eigenvalue weighted by molar-refractivity contribution is 6.24. The molecule has 0 N–H and O–H groups in total. The molecule has 0 bridgehead atoms. The predicted molar refractivity (Wildman–Crippen MR) is 72.4 cm³/mol. The second-order valence-corrected chi connectivity index (χ2v) is 4.81. The number of hydrogen-bond donors (Lipinski definition) is 0. The van der Waals surface area contributed by atoms with E-state index in [1.165, 1.54) is 0 Å². The Morgan fingerprint density at radius 1 is 1.37 bits per heavy atom. The monoisotopic (exact) mass is 256 g/mol. The third-order valence-electron chi connectivity index (χ3n) is 3.57. The van der Waals surface area contributed by atoms with Crippen LogP contribution in [0.15, 0.2) is 48.6 Å². The van der Waals surface area contributed by atoms with Crippen molar-refractivity contribution in [1.82, 2.24) is 0 Å². The highest BCUT2D eigenvalue weighted by atomic mass is 16.7. The number of ketones is 1. The maximum atomic E-state index is 12.2. The average molecular weight is 256 g/mol. The molecule has 0 aromatic heterocycles. The Morgan fingerprint density at radius 3 is 2.89 bits per heavy atom. The summed E-state index contributed by atoms with van der Waals surface area (Å²) in [4.78, 5) is 12.2. The lowest BCUT2D eigenvalue weighted by Crippen LogP contribution is -2.14. The molecule has 3 nitrogen and oxygen atoms in total. The minimum atomic E-state index is -0.398. The molecule has 1 fully saturated rings. The smallest absolute Gasteiger partial charge is 0.181 e. The largest absolute Gasteiger partial charge is 0.348 e. The van der Waals surface area contributed by atoms with Crippen LogP contribution in [-0.2, 0) is 14.3 Å². The number of carbonyl (C=O) groups excluding carboxylic acids is 1. The number of fused-ring (bicyclic) bond motifs is 1. The molecule has 3 rings (SSSR count). The number of ether oxygens (including phenoxy) is 2. The Bertz CT molecular complexity index is 530. The number of allylic oxidation sites excluding steroid dienone is 1. The number of Topliss-reactive ketones (excluding diaryl/α,β-unsaturated/α-hetero) is 1. The van der Waals surface area contributed by atoms with Crippen LogP contribution in [0.5, 0.6) is 0 Å². The summed E-state index contributed by atoms with van der Waals surface area (Å²) in [6.07, 6.45) is 1.83. The first-order valence-corrected chi connectivity index (χ1v) is 6.48. The summed E-state index contributed by atoms with van der Waals surface area (Å²) >= 11 is 0. The Hall–Kier alpha value is -1.71. The van der Waals surface area contributed by atoms with Gasteiger partial charge in [-0.05, 0) is 5.56 Å². The molecule has 1 heterocycles. The van der Waals surface area contributed by atoms with Gasteiger partial charge in [0.2, 0.25) is 0 Å². The van der Waals surface area contributed by atoms with Crippen molar-refractivity contribution in [3.63, 3.8) is 0 Å². The van der Waals surface area contributed by atoms with Crippen LogP contribution in [-0.4, -0.2) is 25.3 Å². The van der Waals surface area contributed by atoms with Crippen LogP contribution in [0.25, 0.3) is 5.57 Å². The van der Waals surface area contributed by atoms with Crippen molar-refractivity contribution in [2.75, 3.05) is 13.2 Å². The van der Waals surface area contributed by atoms with Gasteiger partial charge in [-0.1, -0.05) is 36.4 Å². The first-order valence-electron chi connectivity index (χ1n) is 6.48. The Morgan fingerprint density at radius 2 is 2.16 bits per heavy atom. The van der Waals surface area contributed by atoms with E-state index in [2.05, 4.69) is 6.58 Å². The Balaban J connectivity index is 2.00. The lowest BCUT2D eigenvalue weighted by atomic mass is 9.99. The molecule has 19 heavy (non-hydrogen) atoms. The zero-order chi connectivity index (χ0) is 13.2. The second-order valence-electron chi connectivity index (χ2n) is 4.81. The fourth-order valence-electron chi connectivity index (χ4n) is 2.78. The van der Waals surface area contributed by atoms with Crippen LogP contribution in [0.3, 0.4) is 0 Å². The van der Waals surface area contributed by atoms with Gasteiger partial charge in [-0.3, -0.25) is 4.79 Å². The molecule has 0 radical (unpaired) electrons. The Kier molecular flexibility index (Phi) is 3.32. The highest BCUT2D eigenvalue weighted by Gasteiger charge is 2.42. The van der Waals surface area contributed by atoms with Gasteiger partial charge in [0.15, 0.2) is 12.1 Å². The van der Waals surface area contributed by atoms with Gasteiger partial charge < -0.3 is 9.47 Å². The van der Waals surface area contributed by atoms with Gasteiger partial charge in [0.05, 0.1) is 13.2 Å². The molecule has 0 saturated carbocycles. The normalized spacial score (nSPS) is 25.8. The van der Waals surface area contributed by atoms with E-state index in [9.17, 15) is 4.79 Å². The first-order chi connectivity index (χ1) is 9.31. The van der Waals surface area contributed by atoms with E-state index in [-0.39, 0.29) is 11.7 Å². The first kappa shape index (κ1) is 12.3. The van der Waals surface area contributed by atoms with E-state index in [0.29, 0.717) is 19.6 Å². The molecule has 1 aliphatic heterocycles. The fourth-order valence-corrected chi connectivity index (χ4v) is 2.78. The minimum Gasteiger partial charge on any atom is -0.348 e. The van der Waals surface area contributed by atoms with Crippen LogP contribution >= 0.6 is 0 Å². The summed E-state index contributed by atoms with van der Waals surface area (Å²) in [7, 11) is 0. The number of rotatable bonds is 4. The molecule has 0 amide bonds. The number of benzene rings is 1. The third kappa shape index (κ3) is 2.15. The van der Waals surface area contributed by atoms with Crippen LogP contribution in [0, 0.1) is 5.92 Å². The van der Waals surface area contributed by atoms with Crippen molar-refractivity contribution < 1.29 is 14.3 Å². The molecule has 2 aliphatic rings. The molecule has 98 valence electrons. The molecule has 1 aliphatic carbocycles. The summed E-state index contributed by atoms with van der Waals surface area (Å²) in [6.45, 7) is 4.63. The molecule has 1 saturated heterocycles. The van der Waals surface area contributed by atoms with Crippen LogP contribution in [0.4, 0.5) is 0 Å². The maximum absolute atomic E-state index is 12.2. The zero-order valence-electron chi connectivity index (χ0n) is 10.7. The molecule has 1 aromatic rings. The van der Waals surface area contributed by atoms with Crippen molar-refractivity contribution >= 4 is 11.4 Å². The molecule has 0 unspecified atom stereocenters. The standard InChI is InChI=1S/C16H16O3/c1-2-8-18-16-15-12(10-19-16)9-13(17)14(15)11-6-4-3-5-7-11/h2-7,12,16H,1,8-10H2/t12-,16-/m0/s1.